The van der Waals surface area contributed by atoms with Crippen LogP contribution in [0, 0.1) is 5.82 Å². The van der Waals surface area contributed by atoms with Crippen molar-refractivity contribution in [2.45, 2.75) is 6.54 Å². The van der Waals surface area contributed by atoms with Crippen LogP contribution in [0.1, 0.15) is 5.56 Å². The Labute approximate surface area is 104 Å². The van der Waals surface area contributed by atoms with Gasteiger partial charge in [0.1, 0.15) is 5.82 Å². The van der Waals surface area contributed by atoms with Crippen molar-refractivity contribution < 1.29 is 22.7 Å². The highest BCUT2D eigenvalue weighted by Gasteiger charge is 2.18. The van der Waals surface area contributed by atoms with E-state index in [-0.39, 0.29) is 17.8 Å². The molecule has 100 valence electrons. The number of benzene rings is 1. The lowest BCUT2D eigenvalue weighted by atomic mass is 10.1. The molecular weight excluding hydrogens is 263 g/mol. The van der Waals surface area contributed by atoms with Crippen molar-refractivity contribution in [3.63, 3.8) is 0 Å². The number of nitrogens with zero attached hydrogens (tertiary/aromatic N) is 1. The number of hydrogen-bond acceptors (Lipinski definition) is 3. The topological polar surface area (TPSA) is 86.7 Å². The molecule has 0 aliphatic rings. The smallest absolute Gasteiger partial charge is 0.404 e. The molecule has 0 aromatic heterocycles. The number of rotatable bonds is 4. The molecule has 0 atom stereocenters. The van der Waals surface area contributed by atoms with Crippen molar-refractivity contribution in [1.29, 1.82) is 0 Å². The second kappa shape index (κ2) is 5.21. The first-order valence-electron chi connectivity index (χ1n) is 4.91. The summed E-state index contributed by atoms with van der Waals surface area (Å²) in [5, 5.41) is 10.5. The molecule has 8 heteroatoms. The summed E-state index contributed by atoms with van der Waals surface area (Å²) in [5.41, 5.74) is 0.0825. The molecule has 1 amide bonds. The van der Waals surface area contributed by atoms with E-state index in [4.69, 9.17) is 5.11 Å². The maximum atomic E-state index is 13.6. The van der Waals surface area contributed by atoms with Crippen LogP contribution < -0.4 is 9.62 Å². The van der Waals surface area contributed by atoms with Crippen molar-refractivity contribution in [2.24, 2.45) is 0 Å². The zero-order chi connectivity index (χ0) is 13.9. The van der Waals surface area contributed by atoms with Crippen molar-refractivity contribution >= 4 is 21.8 Å². The Morgan fingerprint density at radius 1 is 1.50 bits per heavy atom. The van der Waals surface area contributed by atoms with Crippen LogP contribution in [-0.2, 0) is 16.6 Å². The van der Waals surface area contributed by atoms with E-state index in [1.54, 1.807) is 0 Å². The maximum Gasteiger partial charge on any atom is 0.404 e. The molecule has 0 bridgehead atoms. The zero-order valence-corrected chi connectivity index (χ0v) is 10.7. The van der Waals surface area contributed by atoms with Crippen molar-refractivity contribution in [2.75, 3.05) is 17.6 Å². The number of carbonyl (C=O) groups is 1. The quantitative estimate of drug-likeness (QED) is 0.858. The van der Waals surface area contributed by atoms with Gasteiger partial charge in [-0.25, -0.2) is 17.6 Å². The van der Waals surface area contributed by atoms with Crippen molar-refractivity contribution in [1.82, 2.24) is 5.32 Å². The predicted octanol–water partition coefficient (Wildman–Crippen LogP) is 0.989. The van der Waals surface area contributed by atoms with E-state index in [1.165, 1.54) is 19.2 Å². The van der Waals surface area contributed by atoms with Gasteiger partial charge in [0.15, 0.2) is 0 Å². The van der Waals surface area contributed by atoms with Crippen molar-refractivity contribution in [3.05, 3.63) is 29.6 Å². The van der Waals surface area contributed by atoms with Crippen LogP contribution in [0.2, 0.25) is 0 Å². The summed E-state index contributed by atoms with van der Waals surface area (Å²) in [6, 6.07) is 3.90. The van der Waals surface area contributed by atoms with Gasteiger partial charge in [0, 0.05) is 12.6 Å². The number of amides is 1. The highest BCUT2D eigenvalue weighted by atomic mass is 32.2. The van der Waals surface area contributed by atoms with Crippen LogP contribution in [0.4, 0.5) is 14.9 Å². The third-order valence-corrected chi connectivity index (χ3v) is 3.54. The standard InChI is InChI=1S/C10H13FN2O4S/c1-13(18(2,16)17)9-5-3-4-8(11)7(9)6-12-10(14)15/h3-5,12H,6H2,1-2H3,(H,14,15). The highest BCUT2D eigenvalue weighted by molar-refractivity contribution is 7.92. The van der Waals surface area contributed by atoms with E-state index in [0.717, 1.165) is 16.6 Å². The molecule has 0 saturated carbocycles. The van der Waals surface area contributed by atoms with Crippen LogP contribution in [0.15, 0.2) is 18.2 Å². The number of carboxylic acid groups (broad SMARTS) is 1. The molecule has 18 heavy (non-hydrogen) atoms. The molecule has 0 heterocycles. The molecule has 0 saturated heterocycles. The summed E-state index contributed by atoms with van der Waals surface area (Å²) < 4.78 is 37.3. The Bertz CT molecular complexity index is 559. The molecule has 1 aromatic rings. The molecule has 6 nitrogen and oxygen atoms in total. The van der Waals surface area contributed by atoms with E-state index in [2.05, 4.69) is 0 Å². The summed E-state index contributed by atoms with van der Waals surface area (Å²) in [5.74, 6) is -0.670. The van der Waals surface area contributed by atoms with E-state index >= 15 is 0 Å². The number of sulfonamides is 1. The third kappa shape index (κ3) is 3.33. The lowest BCUT2D eigenvalue weighted by molar-refractivity contribution is 0.194. The predicted molar refractivity (Wildman–Crippen MR) is 64.5 cm³/mol. The summed E-state index contributed by atoms with van der Waals surface area (Å²) in [7, 11) is -2.27. The van der Waals surface area contributed by atoms with Crippen LogP contribution >= 0.6 is 0 Å². The van der Waals surface area contributed by atoms with Gasteiger partial charge in [-0.05, 0) is 12.1 Å². The first-order chi connectivity index (χ1) is 8.23. The first-order valence-corrected chi connectivity index (χ1v) is 6.76. The normalized spacial score (nSPS) is 11.1. The average molecular weight is 276 g/mol. The molecular formula is C10H13FN2O4S. The minimum absolute atomic E-state index is 0.0205. The van der Waals surface area contributed by atoms with E-state index in [0.29, 0.717) is 0 Å². The van der Waals surface area contributed by atoms with E-state index in [9.17, 15) is 17.6 Å². The van der Waals surface area contributed by atoms with E-state index in [1.807, 2.05) is 5.32 Å². The molecule has 2 N–H and O–H groups in total. The largest absolute Gasteiger partial charge is 0.465 e. The summed E-state index contributed by atoms with van der Waals surface area (Å²) in [4.78, 5) is 10.4. The second-order valence-electron chi connectivity index (χ2n) is 3.63. The number of halogens is 1. The first kappa shape index (κ1) is 14.2. The third-order valence-electron chi connectivity index (χ3n) is 2.35. The maximum absolute atomic E-state index is 13.6. The molecule has 0 aliphatic carbocycles. The van der Waals surface area contributed by atoms with Crippen molar-refractivity contribution in [3.8, 4) is 0 Å². The minimum Gasteiger partial charge on any atom is -0.465 e. The fourth-order valence-corrected chi connectivity index (χ4v) is 1.89. The molecule has 1 aromatic carbocycles. The van der Waals surface area contributed by atoms with Gasteiger partial charge in [-0.15, -0.1) is 0 Å². The number of nitrogens with one attached hydrogen (secondary N) is 1. The Hall–Kier alpha value is -1.83. The summed E-state index contributed by atoms with van der Waals surface area (Å²) in [6.07, 6.45) is -0.335. The fourth-order valence-electron chi connectivity index (χ4n) is 1.36. The Morgan fingerprint density at radius 3 is 2.61 bits per heavy atom. The number of anilines is 1. The Balaban J connectivity index is 3.19. The van der Waals surface area contributed by atoms with Crippen LogP contribution in [0.25, 0.3) is 0 Å². The lowest BCUT2D eigenvalue weighted by Gasteiger charge is -2.20. The average Bonchev–Trinajstić information content (AvgIpc) is 2.24. The molecule has 0 spiro atoms. The van der Waals surface area contributed by atoms with Gasteiger partial charge in [0.05, 0.1) is 18.5 Å². The molecule has 0 aliphatic heterocycles. The van der Waals surface area contributed by atoms with Gasteiger partial charge in [0.2, 0.25) is 10.0 Å². The van der Waals surface area contributed by atoms with Gasteiger partial charge < -0.3 is 10.4 Å². The molecule has 0 unspecified atom stereocenters. The zero-order valence-electron chi connectivity index (χ0n) is 9.84. The van der Waals surface area contributed by atoms with E-state index < -0.39 is 21.9 Å². The fraction of sp³-hybridized carbons (Fsp3) is 0.300. The van der Waals surface area contributed by atoms with Gasteiger partial charge in [0.25, 0.3) is 0 Å². The SMILES string of the molecule is CN(c1cccc(F)c1CNC(=O)O)S(C)(=O)=O. The van der Waals surface area contributed by atoms with Crippen LogP contribution in [-0.4, -0.2) is 32.9 Å². The second-order valence-corrected chi connectivity index (χ2v) is 5.64. The monoisotopic (exact) mass is 276 g/mol. The minimum atomic E-state index is -3.54. The molecule has 1 rings (SSSR count). The van der Waals surface area contributed by atoms with Gasteiger partial charge in [-0.1, -0.05) is 6.07 Å². The highest BCUT2D eigenvalue weighted by Crippen LogP contribution is 2.23. The Kier molecular flexibility index (Phi) is 4.12. The van der Waals surface area contributed by atoms with Gasteiger partial charge in [-0.2, -0.15) is 0 Å². The Morgan fingerprint density at radius 2 is 2.11 bits per heavy atom. The van der Waals surface area contributed by atoms with Gasteiger partial charge >= 0.3 is 6.09 Å². The van der Waals surface area contributed by atoms with Crippen LogP contribution in [0.5, 0.6) is 0 Å². The summed E-state index contributed by atoms with van der Waals surface area (Å²) in [6.45, 7) is -0.308. The summed E-state index contributed by atoms with van der Waals surface area (Å²) >= 11 is 0. The lowest BCUT2D eigenvalue weighted by Crippen LogP contribution is -2.28. The van der Waals surface area contributed by atoms with Crippen LogP contribution in [0.3, 0.4) is 0 Å². The molecule has 0 radical (unpaired) electrons. The number of hydrogen-bond donors (Lipinski definition) is 2. The molecule has 0 fully saturated rings. The van der Waals surface area contributed by atoms with Gasteiger partial charge in [-0.3, -0.25) is 4.31 Å².